The number of carbonyl (C=O) groups is 2. The molecule has 0 aromatic heterocycles. The van der Waals surface area contributed by atoms with E-state index in [9.17, 15) is 9.59 Å². The monoisotopic (exact) mass is 327 g/mol. The van der Waals surface area contributed by atoms with Crippen LogP contribution in [0.2, 0.25) is 5.02 Å². The SMILES string of the molecule is CC(=O)Nc1ccc2c(c1)C(c1ccccc1Cl)=NCC(=O)N2. The van der Waals surface area contributed by atoms with Crippen LogP contribution < -0.4 is 10.6 Å². The van der Waals surface area contributed by atoms with E-state index in [4.69, 9.17) is 11.6 Å². The van der Waals surface area contributed by atoms with Crippen molar-refractivity contribution in [2.24, 2.45) is 4.99 Å². The molecule has 2 N–H and O–H groups in total. The first-order valence-electron chi connectivity index (χ1n) is 7.06. The van der Waals surface area contributed by atoms with Crippen LogP contribution >= 0.6 is 11.6 Å². The van der Waals surface area contributed by atoms with Crippen molar-refractivity contribution in [2.45, 2.75) is 6.92 Å². The fraction of sp³-hybridized carbons (Fsp3) is 0.118. The van der Waals surface area contributed by atoms with Crippen molar-refractivity contribution in [3.05, 3.63) is 58.6 Å². The quantitative estimate of drug-likeness (QED) is 0.889. The second-order valence-corrected chi connectivity index (χ2v) is 5.54. The van der Waals surface area contributed by atoms with E-state index in [0.717, 1.165) is 11.1 Å². The Kier molecular flexibility index (Phi) is 4.12. The molecule has 0 radical (unpaired) electrons. The van der Waals surface area contributed by atoms with Crippen LogP contribution in [-0.2, 0) is 9.59 Å². The topological polar surface area (TPSA) is 70.6 Å². The predicted molar refractivity (Wildman–Crippen MR) is 91.3 cm³/mol. The van der Waals surface area contributed by atoms with Crippen LogP contribution in [0.4, 0.5) is 11.4 Å². The lowest BCUT2D eigenvalue weighted by Crippen LogP contribution is -2.13. The van der Waals surface area contributed by atoms with Gasteiger partial charge in [-0.3, -0.25) is 14.6 Å². The van der Waals surface area contributed by atoms with Crippen LogP contribution in [-0.4, -0.2) is 24.1 Å². The Morgan fingerprint density at radius 2 is 2.00 bits per heavy atom. The molecule has 0 saturated heterocycles. The molecule has 1 aliphatic heterocycles. The summed E-state index contributed by atoms with van der Waals surface area (Å²) in [6.45, 7) is 1.46. The summed E-state index contributed by atoms with van der Waals surface area (Å²) >= 11 is 6.28. The number of anilines is 2. The van der Waals surface area contributed by atoms with Crippen LogP contribution in [0.5, 0.6) is 0 Å². The van der Waals surface area contributed by atoms with Crippen molar-refractivity contribution in [1.29, 1.82) is 0 Å². The first-order valence-corrected chi connectivity index (χ1v) is 7.43. The third-order valence-electron chi connectivity index (χ3n) is 3.38. The van der Waals surface area contributed by atoms with Gasteiger partial charge in [0, 0.05) is 28.8 Å². The summed E-state index contributed by atoms with van der Waals surface area (Å²) in [7, 11) is 0. The zero-order chi connectivity index (χ0) is 16.4. The van der Waals surface area contributed by atoms with Gasteiger partial charge in [0.15, 0.2) is 0 Å². The van der Waals surface area contributed by atoms with E-state index < -0.39 is 0 Å². The summed E-state index contributed by atoms with van der Waals surface area (Å²) < 4.78 is 0. The number of benzene rings is 2. The first-order chi connectivity index (χ1) is 11.0. The molecule has 2 amide bonds. The Labute approximate surface area is 138 Å². The van der Waals surface area contributed by atoms with E-state index >= 15 is 0 Å². The zero-order valence-electron chi connectivity index (χ0n) is 12.4. The number of benzodiazepines with no additional fused rings is 1. The van der Waals surface area contributed by atoms with Crippen LogP contribution in [0, 0.1) is 0 Å². The normalized spacial score (nSPS) is 13.5. The van der Waals surface area contributed by atoms with E-state index in [-0.39, 0.29) is 18.4 Å². The Morgan fingerprint density at radius 3 is 2.74 bits per heavy atom. The van der Waals surface area contributed by atoms with Crippen LogP contribution in [0.3, 0.4) is 0 Å². The maximum absolute atomic E-state index is 11.8. The minimum atomic E-state index is -0.194. The van der Waals surface area contributed by atoms with Crippen molar-refractivity contribution in [1.82, 2.24) is 0 Å². The van der Waals surface area contributed by atoms with Gasteiger partial charge in [-0.2, -0.15) is 0 Å². The molecule has 0 aliphatic carbocycles. The molecule has 3 rings (SSSR count). The molecule has 2 aromatic rings. The number of halogens is 1. The number of hydrogen-bond acceptors (Lipinski definition) is 3. The van der Waals surface area contributed by atoms with Gasteiger partial charge in [-0.1, -0.05) is 29.8 Å². The number of amides is 2. The van der Waals surface area contributed by atoms with Crippen LogP contribution in [0.1, 0.15) is 18.1 Å². The predicted octanol–water partition coefficient (Wildman–Crippen LogP) is 3.09. The van der Waals surface area contributed by atoms with Crippen molar-refractivity contribution >= 4 is 40.5 Å². The van der Waals surface area contributed by atoms with Gasteiger partial charge in [0.2, 0.25) is 11.8 Å². The molecular weight excluding hydrogens is 314 g/mol. The molecule has 1 aliphatic rings. The van der Waals surface area contributed by atoms with Gasteiger partial charge < -0.3 is 10.6 Å². The first kappa shape index (κ1) is 15.2. The fourth-order valence-electron chi connectivity index (χ4n) is 2.44. The minimum Gasteiger partial charge on any atom is -0.326 e. The molecule has 116 valence electrons. The molecule has 0 atom stereocenters. The van der Waals surface area contributed by atoms with Gasteiger partial charge in [0.25, 0.3) is 0 Å². The Hall–Kier alpha value is -2.66. The van der Waals surface area contributed by atoms with Crippen molar-refractivity contribution in [3.63, 3.8) is 0 Å². The van der Waals surface area contributed by atoms with E-state index in [1.54, 1.807) is 24.3 Å². The number of nitrogens with one attached hydrogen (secondary N) is 2. The average molecular weight is 328 g/mol. The largest absolute Gasteiger partial charge is 0.326 e. The molecule has 2 aromatic carbocycles. The van der Waals surface area contributed by atoms with Crippen molar-refractivity contribution in [2.75, 3.05) is 17.2 Å². The lowest BCUT2D eigenvalue weighted by atomic mass is 10.00. The van der Waals surface area contributed by atoms with Gasteiger partial charge in [-0.05, 0) is 24.3 Å². The molecule has 0 spiro atoms. The molecule has 0 saturated carbocycles. The Bertz CT molecular complexity index is 830. The zero-order valence-corrected chi connectivity index (χ0v) is 13.1. The molecule has 6 heteroatoms. The summed E-state index contributed by atoms with van der Waals surface area (Å²) in [6, 6.07) is 12.6. The molecule has 5 nitrogen and oxygen atoms in total. The molecule has 1 heterocycles. The number of hydrogen-bond donors (Lipinski definition) is 2. The molecule has 0 bridgehead atoms. The number of rotatable bonds is 2. The highest BCUT2D eigenvalue weighted by molar-refractivity contribution is 6.36. The Morgan fingerprint density at radius 1 is 1.22 bits per heavy atom. The summed E-state index contributed by atoms with van der Waals surface area (Å²) in [6.07, 6.45) is 0. The van der Waals surface area contributed by atoms with E-state index in [2.05, 4.69) is 15.6 Å². The lowest BCUT2D eigenvalue weighted by Gasteiger charge is -2.13. The highest BCUT2D eigenvalue weighted by atomic mass is 35.5. The third kappa shape index (κ3) is 3.24. The second kappa shape index (κ2) is 6.22. The number of carbonyl (C=O) groups excluding carboxylic acids is 2. The van der Waals surface area contributed by atoms with E-state index in [1.807, 2.05) is 18.2 Å². The number of fused-ring (bicyclic) bond motifs is 1. The summed E-state index contributed by atoms with van der Waals surface area (Å²) in [5.74, 6) is -0.362. The molecule has 0 fully saturated rings. The number of aliphatic imine (C=N–C) groups is 1. The van der Waals surface area contributed by atoms with Crippen LogP contribution in [0.25, 0.3) is 0 Å². The van der Waals surface area contributed by atoms with Crippen LogP contribution in [0.15, 0.2) is 47.5 Å². The Balaban J connectivity index is 2.16. The highest BCUT2D eigenvalue weighted by Crippen LogP contribution is 2.28. The van der Waals surface area contributed by atoms with Gasteiger partial charge >= 0.3 is 0 Å². The number of nitrogens with zero attached hydrogens (tertiary/aromatic N) is 1. The summed E-state index contributed by atoms with van der Waals surface area (Å²) in [5, 5.41) is 6.10. The van der Waals surface area contributed by atoms with Gasteiger partial charge in [0.05, 0.1) is 11.4 Å². The van der Waals surface area contributed by atoms with Crippen molar-refractivity contribution in [3.8, 4) is 0 Å². The molecule has 23 heavy (non-hydrogen) atoms. The maximum atomic E-state index is 11.8. The standard InChI is InChI=1S/C17H14ClN3O2/c1-10(22)20-11-6-7-15-13(8-11)17(19-9-16(23)21-15)12-4-2-3-5-14(12)18/h2-8H,9H2,1H3,(H,20,22)(H,21,23). The van der Waals surface area contributed by atoms with E-state index in [0.29, 0.717) is 22.1 Å². The minimum absolute atomic E-state index is 0.0186. The third-order valence-corrected chi connectivity index (χ3v) is 3.71. The summed E-state index contributed by atoms with van der Waals surface area (Å²) in [4.78, 5) is 27.5. The average Bonchev–Trinajstić information content (AvgIpc) is 2.66. The van der Waals surface area contributed by atoms with Gasteiger partial charge in [-0.25, -0.2) is 0 Å². The van der Waals surface area contributed by atoms with Crippen molar-refractivity contribution < 1.29 is 9.59 Å². The molecule has 0 unspecified atom stereocenters. The summed E-state index contributed by atoms with van der Waals surface area (Å²) in [5.41, 5.74) is 3.35. The lowest BCUT2D eigenvalue weighted by molar-refractivity contribution is -0.115. The fourth-order valence-corrected chi connectivity index (χ4v) is 2.66. The van der Waals surface area contributed by atoms with Gasteiger partial charge in [0.1, 0.15) is 6.54 Å². The van der Waals surface area contributed by atoms with E-state index in [1.165, 1.54) is 6.92 Å². The maximum Gasteiger partial charge on any atom is 0.246 e. The second-order valence-electron chi connectivity index (χ2n) is 5.13. The molecular formula is C17H14ClN3O2. The highest BCUT2D eigenvalue weighted by Gasteiger charge is 2.20. The smallest absolute Gasteiger partial charge is 0.246 e. The van der Waals surface area contributed by atoms with Gasteiger partial charge in [-0.15, -0.1) is 0 Å².